The molecule has 148 valence electrons. The Bertz CT molecular complexity index is 1250. The van der Waals surface area contributed by atoms with Gasteiger partial charge in [0.2, 0.25) is 0 Å². The van der Waals surface area contributed by atoms with Crippen molar-refractivity contribution in [3.05, 3.63) is 71.9 Å². The van der Waals surface area contributed by atoms with Gasteiger partial charge in [-0.3, -0.25) is 9.89 Å². The van der Waals surface area contributed by atoms with Gasteiger partial charge in [0.05, 0.1) is 23.3 Å². The van der Waals surface area contributed by atoms with Crippen LogP contribution in [0.25, 0.3) is 22.2 Å². The van der Waals surface area contributed by atoms with E-state index in [0.717, 1.165) is 27.9 Å². The molecule has 0 aliphatic carbocycles. The summed E-state index contributed by atoms with van der Waals surface area (Å²) in [7, 11) is 0. The quantitative estimate of drug-likeness (QED) is 0.515. The van der Waals surface area contributed by atoms with Crippen LogP contribution in [0.5, 0.6) is 5.75 Å². The second-order valence-corrected chi connectivity index (χ2v) is 7.02. The standard InChI is InChI=1S/C23H19N5O2/c1-14(2)30-18-7-8-20-19(12-18)22(28-27-20)17-9-10-25-21(11-17)26-23(29)16-5-3-15(13-24)4-6-16/h3-12,14H,1-2H3,(H,27,28)(H,25,26,29). The maximum Gasteiger partial charge on any atom is 0.256 e. The summed E-state index contributed by atoms with van der Waals surface area (Å²) < 4.78 is 5.79. The van der Waals surface area contributed by atoms with E-state index in [4.69, 9.17) is 10.00 Å². The summed E-state index contributed by atoms with van der Waals surface area (Å²) in [5.41, 5.74) is 3.39. The fourth-order valence-electron chi connectivity index (χ4n) is 3.09. The van der Waals surface area contributed by atoms with Gasteiger partial charge in [-0.1, -0.05) is 0 Å². The summed E-state index contributed by atoms with van der Waals surface area (Å²) in [5, 5.41) is 20.0. The van der Waals surface area contributed by atoms with Gasteiger partial charge in [0.1, 0.15) is 17.3 Å². The number of hydrogen-bond acceptors (Lipinski definition) is 5. The highest BCUT2D eigenvalue weighted by atomic mass is 16.5. The molecule has 0 saturated carbocycles. The van der Waals surface area contributed by atoms with Crippen LogP contribution in [0.4, 0.5) is 5.82 Å². The van der Waals surface area contributed by atoms with Crippen molar-refractivity contribution in [3.8, 4) is 23.1 Å². The number of ether oxygens (including phenoxy) is 1. The molecule has 2 heterocycles. The highest BCUT2D eigenvalue weighted by Crippen LogP contribution is 2.30. The molecule has 0 atom stereocenters. The van der Waals surface area contributed by atoms with E-state index in [2.05, 4.69) is 20.5 Å². The van der Waals surface area contributed by atoms with Crippen molar-refractivity contribution in [2.45, 2.75) is 20.0 Å². The Balaban J connectivity index is 1.61. The van der Waals surface area contributed by atoms with Crippen molar-refractivity contribution >= 4 is 22.6 Å². The third-order valence-electron chi connectivity index (χ3n) is 4.46. The third kappa shape index (κ3) is 3.98. The van der Waals surface area contributed by atoms with Gasteiger partial charge in [-0.15, -0.1) is 0 Å². The third-order valence-corrected chi connectivity index (χ3v) is 4.46. The summed E-state index contributed by atoms with van der Waals surface area (Å²) in [4.78, 5) is 16.7. The molecule has 0 saturated heterocycles. The first-order valence-electron chi connectivity index (χ1n) is 9.46. The lowest BCUT2D eigenvalue weighted by molar-refractivity contribution is 0.102. The molecular weight excluding hydrogens is 378 g/mol. The summed E-state index contributed by atoms with van der Waals surface area (Å²) in [6, 6.07) is 17.8. The molecular formula is C23H19N5O2. The molecule has 2 N–H and O–H groups in total. The van der Waals surface area contributed by atoms with Crippen LogP contribution in [0.2, 0.25) is 0 Å². The van der Waals surface area contributed by atoms with Crippen molar-refractivity contribution in [1.82, 2.24) is 15.2 Å². The van der Waals surface area contributed by atoms with E-state index >= 15 is 0 Å². The van der Waals surface area contributed by atoms with E-state index in [1.54, 1.807) is 36.5 Å². The first kappa shape index (κ1) is 19.2. The number of nitrogens with zero attached hydrogens (tertiary/aromatic N) is 3. The molecule has 4 rings (SSSR count). The molecule has 0 fully saturated rings. The average molecular weight is 397 g/mol. The van der Waals surface area contributed by atoms with Crippen molar-refractivity contribution in [3.63, 3.8) is 0 Å². The predicted octanol–water partition coefficient (Wildman–Crippen LogP) is 4.54. The number of aromatic nitrogens is 3. The monoisotopic (exact) mass is 397 g/mol. The lowest BCUT2D eigenvalue weighted by atomic mass is 10.1. The Morgan fingerprint density at radius 2 is 1.93 bits per heavy atom. The Morgan fingerprint density at radius 1 is 1.13 bits per heavy atom. The van der Waals surface area contributed by atoms with Crippen LogP contribution in [0.15, 0.2) is 60.8 Å². The molecule has 7 heteroatoms. The fourth-order valence-corrected chi connectivity index (χ4v) is 3.09. The van der Waals surface area contributed by atoms with Gasteiger partial charge >= 0.3 is 0 Å². The molecule has 1 amide bonds. The van der Waals surface area contributed by atoms with Crippen LogP contribution in [0.3, 0.4) is 0 Å². The zero-order valence-electron chi connectivity index (χ0n) is 16.5. The number of nitrogens with one attached hydrogen (secondary N) is 2. The van der Waals surface area contributed by atoms with Gasteiger partial charge in [0, 0.05) is 22.7 Å². The maximum atomic E-state index is 12.5. The average Bonchev–Trinajstić information content (AvgIpc) is 3.17. The molecule has 0 unspecified atom stereocenters. The van der Waals surface area contributed by atoms with Crippen molar-refractivity contribution in [2.24, 2.45) is 0 Å². The summed E-state index contributed by atoms with van der Waals surface area (Å²) >= 11 is 0. The summed E-state index contributed by atoms with van der Waals surface area (Å²) in [5.74, 6) is 0.875. The molecule has 30 heavy (non-hydrogen) atoms. The molecule has 2 aromatic heterocycles. The summed E-state index contributed by atoms with van der Waals surface area (Å²) in [6.07, 6.45) is 1.70. The number of fused-ring (bicyclic) bond motifs is 1. The number of anilines is 1. The van der Waals surface area contributed by atoms with E-state index < -0.39 is 0 Å². The number of pyridine rings is 1. The number of carbonyl (C=O) groups is 1. The Kier molecular flexibility index (Phi) is 5.14. The lowest BCUT2D eigenvalue weighted by Crippen LogP contribution is -2.12. The molecule has 0 bridgehead atoms. The smallest absolute Gasteiger partial charge is 0.256 e. The second kappa shape index (κ2) is 8.05. The molecule has 2 aromatic carbocycles. The Hall–Kier alpha value is -4.18. The highest BCUT2D eigenvalue weighted by molar-refractivity contribution is 6.04. The van der Waals surface area contributed by atoms with E-state index in [0.29, 0.717) is 16.9 Å². The normalized spacial score (nSPS) is 10.7. The number of rotatable bonds is 5. The van der Waals surface area contributed by atoms with Gasteiger partial charge in [-0.2, -0.15) is 10.4 Å². The van der Waals surface area contributed by atoms with Crippen LogP contribution in [0, 0.1) is 11.3 Å². The lowest BCUT2D eigenvalue weighted by Gasteiger charge is -2.09. The van der Waals surface area contributed by atoms with E-state index in [9.17, 15) is 4.79 Å². The minimum Gasteiger partial charge on any atom is -0.491 e. The van der Waals surface area contributed by atoms with Crippen molar-refractivity contribution in [2.75, 3.05) is 5.32 Å². The minimum atomic E-state index is -0.302. The van der Waals surface area contributed by atoms with Gasteiger partial charge in [-0.25, -0.2) is 4.98 Å². The van der Waals surface area contributed by atoms with E-state index in [1.165, 1.54) is 0 Å². The molecule has 0 aliphatic heterocycles. The second-order valence-electron chi connectivity index (χ2n) is 7.02. The number of aromatic amines is 1. The number of H-pyrrole nitrogens is 1. The zero-order valence-corrected chi connectivity index (χ0v) is 16.5. The number of benzene rings is 2. The Morgan fingerprint density at radius 3 is 2.67 bits per heavy atom. The van der Waals surface area contributed by atoms with Crippen molar-refractivity contribution in [1.29, 1.82) is 5.26 Å². The van der Waals surface area contributed by atoms with Crippen molar-refractivity contribution < 1.29 is 9.53 Å². The fraction of sp³-hybridized carbons (Fsp3) is 0.130. The maximum absolute atomic E-state index is 12.5. The topological polar surface area (TPSA) is 104 Å². The van der Waals surface area contributed by atoms with Gasteiger partial charge in [-0.05, 0) is 68.4 Å². The molecule has 0 spiro atoms. The number of carbonyl (C=O) groups excluding carboxylic acids is 1. The SMILES string of the molecule is CC(C)Oc1ccc2[nH]nc(-c3ccnc(NC(=O)c4ccc(C#N)cc4)c3)c2c1. The van der Waals surface area contributed by atoms with E-state index in [-0.39, 0.29) is 12.0 Å². The first-order chi connectivity index (χ1) is 14.5. The Labute approximate surface area is 173 Å². The number of nitriles is 1. The van der Waals surface area contributed by atoms with E-state index in [1.807, 2.05) is 44.2 Å². The summed E-state index contributed by atoms with van der Waals surface area (Å²) in [6.45, 7) is 3.96. The van der Waals surface area contributed by atoms with Gasteiger partial charge in [0.25, 0.3) is 5.91 Å². The number of hydrogen-bond donors (Lipinski definition) is 2. The zero-order chi connectivity index (χ0) is 21.1. The van der Waals surface area contributed by atoms with Crippen LogP contribution < -0.4 is 10.1 Å². The molecule has 0 aliphatic rings. The minimum absolute atomic E-state index is 0.0720. The van der Waals surface area contributed by atoms with Crippen LogP contribution >= 0.6 is 0 Å². The molecule has 0 radical (unpaired) electrons. The number of amides is 1. The van der Waals surface area contributed by atoms with Gasteiger partial charge < -0.3 is 10.1 Å². The highest BCUT2D eigenvalue weighted by Gasteiger charge is 2.12. The first-order valence-corrected chi connectivity index (χ1v) is 9.46. The molecule has 4 aromatic rings. The predicted molar refractivity (Wildman–Crippen MR) is 114 cm³/mol. The van der Waals surface area contributed by atoms with Crippen LogP contribution in [0.1, 0.15) is 29.8 Å². The molecule has 7 nitrogen and oxygen atoms in total. The van der Waals surface area contributed by atoms with Gasteiger partial charge in [0.15, 0.2) is 0 Å². The van der Waals surface area contributed by atoms with Crippen LogP contribution in [-0.4, -0.2) is 27.2 Å². The largest absolute Gasteiger partial charge is 0.491 e. The van der Waals surface area contributed by atoms with Crippen LogP contribution in [-0.2, 0) is 0 Å².